The fraction of sp³-hybridized carbons (Fsp3) is 0.143. The lowest BCUT2D eigenvalue weighted by atomic mass is 10.1. The Bertz CT molecular complexity index is 976. The van der Waals surface area contributed by atoms with E-state index in [9.17, 15) is 9.59 Å². The van der Waals surface area contributed by atoms with Crippen LogP contribution in [-0.4, -0.2) is 24.5 Å². The second-order valence-corrected chi connectivity index (χ2v) is 6.49. The molecule has 0 aromatic heterocycles. The summed E-state index contributed by atoms with van der Waals surface area (Å²) in [7, 11) is 0. The Morgan fingerprint density at radius 1 is 0.929 bits per heavy atom. The number of fused-ring (bicyclic) bond motifs is 1. The van der Waals surface area contributed by atoms with Crippen molar-refractivity contribution in [1.29, 1.82) is 0 Å². The molecule has 0 fully saturated rings. The third-order valence-electron chi connectivity index (χ3n) is 3.91. The third-order valence-corrected chi connectivity index (χ3v) is 4.16. The van der Waals surface area contributed by atoms with Gasteiger partial charge in [-0.1, -0.05) is 41.9 Å². The molecule has 3 rings (SSSR count). The summed E-state index contributed by atoms with van der Waals surface area (Å²) >= 11 is 5.78. The second-order valence-electron chi connectivity index (χ2n) is 6.05. The average Bonchev–Trinajstić information content (AvgIpc) is 2.71. The van der Waals surface area contributed by atoms with Crippen LogP contribution in [0.15, 0.2) is 66.7 Å². The molecule has 2 N–H and O–H groups in total. The molecule has 0 unspecified atom stereocenters. The lowest BCUT2D eigenvalue weighted by Gasteiger charge is -2.15. The van der Waals surface area contributed by atoms with Gasteiger partial charge in [-0.05, 0) is 54.1 Å². The molecule has 0 heterocycles. The molecular weight excluding hydrogens is 380 g/mol. The molecule has 3 aromatic rings. The van der Waals surface area contributed by atoms with Crippen LogP contribution in [0.2, 0.25) is 5.02 Å². The van der Waals surface area contributed by atoms with Crippen LogP contribution in [0, 0.1) is 0 Å². The molecule has 28 heavy (non-hydrogen) atoms. The van der Waals surface area contributed by atoms with E-state index in [0.717, 1.165) is 10.8 Å². The predicted molar refractivity (Wildman–Crippen MR) is 107 cm³/mol. The van der Waals surface area contributed by atoms with E-state index >= 15 is 0 Å². The Morgan fingerprint density at radius 2 is 1.61 bits per heavy atom. The first-order chi connectivity index (χ1) is 13.5. The van der Waals surface area contributed by atoms with Crippen LogP contribution in [0.5, 0.6) is 11.5 Å². The zero-order chi connectivity index (χ0) is 19.9. The van der Waals surface area contributed by atoms with Gasteiger partial charge < -0.3 is 9.47 Å². The van der Waals surface area contributed by atoms with E-state index in [2.05, 4.69) is 10.9 Å². The van der Waals surface area contributed by atoms with Crippen molar-refractivity contribution in [2.75, 3.05) is 6.61 Å². The van der Waals surface area contributed by atoms with Gasteiger partial charge in [0.2, 0.25) is 0 Å². The van der Waals surface area contributed by atoms with Gasteiger partial charge in [0.25, 0.3) is 11.8 Å². The van der Waals surface area contributed by atoms with Gasteiger partial charge in [0.05, 0.1) is 0 Å². The van der Waals surface area contributed by atoms with Crippen LogP contribution in [0.3, 0.4) is 0 Å². The summed E-state index contributed by atoms with van der Waals surface area (Å²) in [4.78, 5) is 23.9. The highest BCUT2D eigenvalue weighted by molar-refractivity contribution is 6.30. The molecule has 0 bridgehead atoms. The highest BCUT2D eigenvalue weighted by atomic mass is 35.5. The van der Waals surface area contributed by atoms with Crippen molar-refractivity contribution < 1.29 is 19.1 Å². The number of nitrogens with one attached hydrogen (secondary N) is 2. The molecule has 1 atom stereocenters. The summed E-state index contributed by atoms with van der Waals surface area (Å²) in [6.07, 6.45) is -0.793. The van der Waals surface area contributed by atoms with Gasteiger partial charge in [0, 0.05) is 5.02 Å². The van der Waals surface area contributed by atoms with Crippen molar-refractivity contribution in [3.8, 4) is 11.5 Å². The van der Waals surface area contributed by atoms with E-state index in [1.165, 1.54) is 0 Å². The topological polar surface area (TPSA) is 76.7 Å². The molecule has 0 aliphatic carbocycles. The number of amides is 2. The van der Waals surface area contributed by atoms with Gasteiger partial charge in [-0.25, -0.2) is 0 Å². The lowest BCUT2D eigenvalue weighted by molar-refractivity contribution is -0.133. The normalized spacial score (nSPS) is 11.5. The average molecular weight is 399 g/mol. The lowest BCUT2D eigenvalue weighted by Crippen LogP contribution is -2.48. The molecule has 6 nitrogen and oxygen atoms in total. The van der Waals surface area contributed by atoms with E-state index in [1.54, 1.807) is 37.3 Å². The minimum Gasteiger partial charge on any atom is -0.484 e. The number of hydrogen-bond donors (Lipinski definition) is 2. The quantitative estimate of drug-likeness (QED) is 0.623. The largest absolute Gasteiger partial charge is 0.484 e. The van der Waals surface area contributed by atoms with Crippen molar-refractivity contribution >= 4 is 34.2 Å². The first kappa shape index (κ1) is 19.5. The summed E-state index contributed by atoms with van der Waals surface area (Å²) in [5.41, 5.74) is 4.61. The van der Waals surface area contributed by atoms with Crippen LogP contribution in [0.1, 0.15) is 6.92 Å². The number of halogens is 1. The van der Waals surface area contributed by atoms with Gasteiger partial charge in [0.15, 0.2) is 12.7 Å². The number of hydrazine groups is 1. The fourth-order valence-electron chi connectivity index (χ4n) is 2.45. The van der Waals surface area contributed by atoms with Crippen LogP contribution in [0.4, 0.5) is 0 Å². The summed E-state index contributed by atoms with van der Waals surface area (Å²) in [6, 6.07) is 20.0. The van der Waals surface area contributed by atoms with Crippen molar-refractivity contribution in [1.82, 2.24) is 10.9 Å². The highest BCUT2D eigenvalue weighted by Gasteiger charge is 2.15. The Labute approximate surface area is 167 Å². The van der Waals surface area contributed by atoms with Crippen LogP contribution in [-0.2, 0) is 9.59 Å². The summed E-state index contributed by atoms with van der Waals surface area (Å²) in [6.45, 7) is 1.35. The molecule has 0 aliphatic rings. The Morgan fingerprint density at radius 3 is 2.36 bits per heavy atom. The number of carbonyl (C=O) groups excluding carboxylic acids is 2. The van der Waals surface area contributed by atoms with Crippen LogP contribution < -0.4 is 20.3 Å². The molecule has 144 valence electrons. The zero-order valence-electron chi connectivity index (χ0n) is 15.1. The van der Waals surface area contributed by atoms with E-state index in [4.69, 9.17) is 21.1 Å². The van der Waals surface area contributed by atoms with Gasteiger partial charge >= 0.3 is 0 Å². The molecule has 2 amide bonds. The third kappa shape index (κ3) is 5.37. The van der Waals surface area contributed by atoms with E-state index in [1.807, 2.05) is 36.4 Å². The zero-order valence-corrected chi connectivity index (χ0v) is 15.9. The maximum atomic E-state index is 12.1. The minimum atomic E-state index is -0.793. The summed E-state index contributed by atoms with van der Waals surface area (Å²) < 4.78 is 10.9. The van der Waals surface area contributed by atoms with Crippen molar-refractivity contribution in [2.24, 2.45) is 0 Å². The Balaban J connectivity index is 1.45. The highest BCUT2D eigenvalue weighted by Crippen LogP contribution is 2.21. The van der Waals surface area contributed by atoms with Gasteiger partial charge in [0.1, 0.15) is 11.5 Å². The van der Waals surface area contributed by atoms with Crippen molar-refractivity contribution in [3.05, 3.63) is 71.8 Å². The number of rotatable bonds is 6. The van der Waals surface area contributed by atoms with Crippen molar-refractivity contribution in [3.63, 3.8) is 0 Å². The molecule has 7 heteroatoms. The van der Waals surface area contributed by atoms with Crippen LogP contribution >= 0.6 is 11.6 Å². The van der Waals surface area contributed by atoms with E-state index in [-0.39, 0.29) is 6.61 Å². The first-order valence-corrected chi connectivity index (χ1v) is 9.01. The molecular formula is C21H19ClN2O4. The number of hydrogen-bond acceptors (Lipinski definition) is 4. The standard InChI is InChI=1S/C21H19ClN2O4/c1-14(28-19-9-6-15-4-2-3-5-16(15)12-19)21(26)24-23-20(25)13-27-18-10-7-17(22)8-11-18/h2-12,14H,13H2,1H3,(H,23,25)(H,24,26)/t14-/m0/s1. The predicted octanol–water partition coefficient (Wildman–Crippen LogP) is 3.49. The van der Waals surface area contributed by atoms with Gasteiger partial charge in [-0.2, -0.15) is 0 Å². The van der Waals surface area contributed by atoms with E-state index < -0.39 is 17.9 Å². The Kier molecular flexibility index (Phi) is 6.34. The molecule has 0 spiro atoms. The Hall–Kier alpha value is -3.25. The summed E-state index contributed by atoms with van der Waals surface area (Å²) in [5, 5.41) is 2.67. The molecule has 0 radical (unpaired) electrons. The van der Waals surface area contributed by atoms with Gasteiger partial charge in [-0.15, -0.1) is 0 Å². The SMILES string of the molecule is C[C@H](Oc1ccc2ccccc2c1)C(=O)NNC(=O)COc1ccc(Cl)cc1. The maximum absolute atomic E-state index is 12.1. The van der Waals surface area contributed by atoms with E-state index in [0.29, 0.717) is 16.5 Å². The van der Waals surface area contributed by atoms with Gasteiger partial charge in [-0.3, -0.25) is 20.4 Å². The number of benzene rings is 3. The monoisotopic (exact) mass is 398 g/mol. The molecule has 0 saturated carbocycles. The minimum absolute atomic E-state index is 0.248. The van der Waals surface area contributed by atoms with Crippen LogP contribution in [0.25, 0.3) is 10.8 Å². The molecule has 0 aliphatic heterocycles. The van der Waals surface area contributed by atoms with Crippen molar-refractivity contribution in [2.45, 2.75) is 13.0 Å². The smallest absolute Gasteiger partial charge is 0.279 e. The fourth-order valence-corrected chi connectivity index (χ4v) is 2.57. The second kappa shape index (κ2) is 9.10. The summed E-state index contributed by atoms with van der Waals surface area (Å²) in [5.74, 6) is 0.0897. The molecule has 0 saturated heterocycles. The maximum Gasteiger partial charge on any atom is 0.279 e. The first-order valence-electron chi connectivity index (χ1n) is 8.64. The molecule has 3 aromatic carbocycles. The number of carbonyl (C=O) groups is 2. The number of ether oxygens (including phenoxy) is 2.